The Bertz CT molecular complexity index is 1050. The average Bonchev–Trinajstić information content (AvgIpc) is 2.79. The minimum atomic E-state index is -3.57. The van der Waals surface area contributed by atoms with Crippen molar-refractivity contribution in [2.45, 2.75) is 24.2 Å². The molecule has 0 bridgehead atoms. The fourth-order valence-electron chi connectivity index (χ4n) is 3.06. The van der Waals surface area contributed by atoms with Crippen molar-refractivity contribution in [2.75, 3.05) is 19.6 Å². The van der Waals surface area contributed by atoms with Gasteiger partial charge in [-0.15, -0.1) is 0 Å². The molecule has 1 aliphatic heterocycles. The number of amides is 2. The van der Waals surface area contributed by atoms with Gasteiger partial charge in [-0.25, -0.2) is 18.2 Å². The number of benzene rings is 2. The average molecular weight is 447 g/mol. The van der Waals surface area contributed by atoms with E-state index in [9.17, 15) is 22.4 Å². The number of nitrogens with one attached hydrogen (secondary N) is 2. The highest BCUT2D eigenvalue weighted by molar-refractivity contribution is 7.89. The maximum atomic E-state index is 12.8. The van der Waals surface area contributed by atoms with Crippen LogP contribution in [-0.4, -0.2) is 50.4 Å². The highest BCUT2D eigenvalue weighted by atomic mass is 32.2. The minimum absolute atomic E-state index is 0.138. The van der Waals surface area contributed by atoms with E-state index in [2.05, 4.69) is 15.8 Å². The SMILES string of the molecule is O=C(CNC(=O)c1ccc(S(=O)(=O)N2CCCCC2)cc1)N/N=C/c1ccc(F)cc1. The number of piperidine rings is 1. The maximum absolute atomic E-state index is 12.8. The molecule has 0 aliphatic carbocycles. The molecule has 0 radical (unpaired) electrons. The van der Waals surface area contributed by atoms with Gasteiger partial charge in [-0.1, -0.05) is 18.6 Å². The highest BCUT2D eigenvalue weighted by Gasteiger charge is 2.25. The third-order valence-electron chi connectivity index (χ3n) is 4.75. The van der Waals surface area contributed by atoms with Crippen molar-refractivity contribution in [3.05, 3.63) is 65.5 Å². The van der Waals surface area contributed by atoms with Crippen LogP contribution in [0.4, 0.5) is 4.39 Å². The van der Waals surface area contributed by atoms with Crippen molar-refractivity contribution in [1.29, 1.82) is 0 Å². The van der Waals surface area contributed by atoms with Crippen molar-refractivity contribution in [3.8, 4) is 0 Å². The molecule has 0 atom stereocenters. The summed E-state index contributed by atoms with van der Waals surface area (Å²) >= 11 is 0. The molecule has 164 valence electrons. The van der Waals surface area contributed by atoms with E-state index in [0.29, 0.717) is 18.7 Å². The number of carbonyl (C=O) groups excluding carboxylic acids is 2. The second-order valence-corrected chi connectivity index (χ2v) is 8.95. The lowest BCUT2D eigenvalue weighted by Crippen LogP contribution is -2.36. The van der Waals surface area contributed by atoms with Crippen molar-refractivity contribution >= 4 is 28.1 Å². The number of hydrazone groups is 1. The van der Waals surface area contributed by atoms with Gasteiger partial charge in [0.15, 0.2) is 0 Å². The van der Waals surface area contributed by atoms with Gasteiger partial charge in [-0.05, 0) is 54.8 Å². The largest absolute Gasteiger partial charge is 0.343 e. The van der Waals surface area contributed by atoms with Crippen LogP contribution in [0.2, 0.25) is 0 Å². The topological polar surface area (TPSA) is 108 Å². The summed E-state index contributed by atoms with van der Waals surface area (Å²) in [6, 6.07) is 11.2. The molecule has 31 heavy (non-hydrogen) atoms. The molecule has 0 aromatic heterocycles. The van der Waals surface area contributed by atoms with Crippen LogP contribution in [0, 0.1) is 5.82 Å². The minimum Gasteiger partial charge on any atom is -0.343 e. The number of carbonyl (C=O) groups is 2. The van der Waals surface area contributed by atoms with E-state index in [1.165, 1.54) is 59.1 Å². The van der Waals surface area contributed by atoms with Crippen molar-refractivity contribution in [3.63, 3.8) is 0 Å². The van der Waals surface area contributed by atoms with Gasteiger partial charge in [-0.3, -0.25) is 9.59 Å². The van der Waals surface area contributed by atoms with E-state index in [1.54, 1.807) is 0 Å². The molecule has 2 N–H and O–H groups in total. The Balaban J connectivity index is 1.50. The van der Waals surface area contributed by atoms with Crippen LogP contribution in [0.25, 0.3) is 0 Å². The van der Waals surface area contributed by atoms with Crippen LogP contribution in [0.5, 0.6) is 0 Å². The van der Waals surface area contributed by atoms with Crippen molar-refractivity contribution in [1.82, 2.24) is 15.0 Å². The van der Waals surface area contributed by atoms with E-state index in [0.717, 1.165) is 19.3 Å². The smallest absolute Gasteiger partial charge is 0.259 e. The first-order valence-corrected chi connectivity index (χ1v) is 11.3. The summed E-state index contributed by atoms with van der Waals surface area (Å²) in [6.07, 6.45) is 4.06. The maximum Gasteiger partial charge on any atom is 0.259 e. The highest BCUT2D eigenvalue weighted by Crippen LogP contribution is 2.20. The van der Waals surface area contributed by atoms with Gasteiger partial charge in [0.2, 0.25) is 10.0 Å². The summed E-state index contributed by atoms with van der Waals surface area (Å²) in [4.78, 5) is 24.2. The summed E-state index contributed by atoms with van der Waals surface area (Å²) in [5, 5.41) is 6.18. The summed E-state index contributed by atoms with van der Waals surface area (Å²) in [5.41, 5.74) is 3.09. The Kier molecular flexibility index (Phi) is 7.48. The molecule has 2 aromatic rings. The van der Waals surface area contributed by atoms with Crippen LogP contribution < -0.4 is 10.7 Å². The van der Waals surface area contributed by atoms with Crippen LogP contribution in [0.3, 0.4) is 0 Å². The monoisotopic (exact) mass is 446 g/mol. The van der Waals surface area contributed by atoms with Crippen LogP contribution in [0.1, 0.15) is 35.2 Å². The van der Waals surface area contributed by atoms with Crippen molar-refractivity contribution in [2.24, 2.45) is 5.10 Å². The van der Waals surface area contributed by atoms with E-state index in [4.69, 9.17) is 0 Å². The molecule has 3 rings (SSSR count). The number of hydrogen-bond donors (Lipinski definition) is 2. The lowest BCUT2D eigenvalue weighted by atomic mass is 10.2. The Morgan fingerprint density at radius 3 is 2.29 bits per heavy atom. The standard InChI is InChI=1S/C21H23FN4O4S/c22-18-8-4-16(5-9-18)14-24-25-20(27)15-23-21(28)17-6-10-19(11-7-17)31(29,30)26-12-2-1-3-13-26/h4-11,14H,1-3,12-13,15H2,(H,23,28)(H,25,27)/b24-14+. The van der Waals surface area contributed by atoms with Gasteiger partial charge in [0, 0.05) is 18.7 Å². The van der Waals surface area contributed by atoms with Gasteiger partial charge in [0.1, 0.15) is 5.82 Å². The van der Waals surface area contributed by atoms with E-state index >= 15 is 0 Å². The Hall–Kier alpha value is -3.11. The molecule has 8 nitrogen and oxygen atoms in total. The lowest BCUT2D eigenvalue weighted by molar-refractivity contribution is -0.120. The number of halogens is 1. The van der Waals surface area contributed by atoms with Crippen LogP contribution in [-0.2, 0) is 14.8 Å². The predicted molar refractivity (Wildman–Crippen MR) is 114 cm³/mol. The number of hydrogen-bond acceptors (Lipinski definition) is 5. The normalized spacial score (nSPS) is 15.0. The number of rotatable bonds is 7. The zero-order valence-electron chi connectivity index (χ0n) is 16.8. The Morgan fingerprint density at radius 1 is 1.00 bits per heavy atom. The molecule has 1 aliphatic rings. The van der Waals surface area contributed by atoms with Crippen LogP contribution >= 0.6 is 0 Å². The molecule has 1 heterocycles. The van der Waals surface area contributed by atoms with E-state index in [-0.39, 0.29) is 22.8 Å². The molecule has 2 aromatic carbocycles. The van der Waals surface area contributed by atoms with E-state index in [1.807, 2.05) is 0 Å². The molecule has 10 heteroatoms. The predicted octanol–water partition coefficient (Wildman–Crippen LogP) is 1.88. The molecule has 0 saturated carbocycles. The fraction of sp³-hybridized carbons (Fsp3) is 0.286. The first-order valence-electron chi connectivity index (χ1n) is 9.82. The zero-order chi connectivity index (χ0) is 22.3. The molecule has 1 fully saturated rings. The second kappa shape index (κ2) is 10.3. The molecule has 1 saturated heterocycles. The lowest BCUT2D eigenvalue weighted by Gasteiger charge is -2.25. The van der Waals surface area contributed by atoms with Gasteiger partial charge in [0.25, 0.3) is 11.8 Å². The zero-order valence-corrected chi connectivity index (χ0v) is 17.6. The van der Waals surface area contributed by atoms with Crippen LogP contribution in [0.15, 0.2) is 58.5 Å². The van der Waals surface area contributed by atoms with Gasteiger partial charge >= 0.3 is 0 Å². The number of nitrogens with zero attached hydrogens (tertiary/aromatic N) is 2. The first-order chi connectivity index (χ1) is 14.9. The Labute approximate surface area is 180 Å². The summed E-state index contributed by atoms with van der Waals surface area (Å²) in [5.74, 6) is -1.43. The second-order valence-electron chi connectivity index (χ2n) is 7.02. The van der Waals surface area contributed by atoms with Gasteiger partial charge in [-0.2, -0.15) is 9.41 Å². The summed E-state index contributed by atoms with van der Waals surface area (Å²) in [7, 11) is -3.57. The molecule has 2 amide bonds. The molecule has 0 spiro atoms. The van der Waals surface area contributed by atoms with Crippen molar-refractivity contribution < 1.29 is 22.4 Å². The third-order valence-corrected chi connectivity index (χ3v) is 6.66. The third kappa shape index (κ3) is 6.19. The summed E-state index contributed by atoms with van der Waals surface area (Å²) < 4.78 is 39.6. The molecular formula is C21H23FN4O4S. The van der Waals surface area contributed by atoms with Gasteiger partial charge < -0.3 is 5.32 Å². The fourth-order valence-corrected chi connectivity index (χ4v) is 4.58. The first kappa shape index (κ1) is 22.6. The quantitative estimate of drug-likeness (QED) is 0.500. The Morgan fingerprint density at radius 2 is 1.65 bits per heavy atom. The summed E-state index contributed by atoms with van der Waals surface area (Å²) in [6.45, 7) is 0.695. The van der Waals surface area contributed by atoms with Gasteiger partial charge in [0.05, 0.1) is 17.7 Å². The molecule has 0 unspecified atom stereocenters. The molecular weight excluding hydrogens is 423 g/mol. The number of sulfonamides is 1. The van der Waals surface area contributed by atoms with E-state index < -0.39 is 21.8 Å².